The van der Waals surface area contributed by atoms with E-state index in [2.05, 4.69) is 15.3 Å². The lowest BCUT2D eigenvalue weighted by Crippen LogP contribution is -2.06. The van der Waals surface area contributed by atoms with E-state index in [9.17, 15) is 0 Å². The molecule has 0 bridgehead atoms. The summed E-state index contributed by atoms with van der Waals surface area (Å²) in [6.07, 6.45) is 4.21. The van der Waals surface area contributed by atoms with Gasteiger partial charge in [0.2, 0.25) is 5.95 Å². The summed E-state index contributed by atoms with van der Waals surface area (Å²) in [6.45, 7) is 0.826. The van der Waals surface area contributed by atoms with Gasteiger partial charge in [-0.1, -0.05) is 23.7 Å². The zero-order valence-corrected chi connectivity index (χ0v) is 10.6. The third-order valence-corrected chi connectivity index (χ3v) is 2.70. The fourth-order valence-electron chi connectivity index (χ4n) is 1.49. The van der Waals surface area contributed by atoms with Gasteiger partial charge in [0, 0.05) is 36.1 Å². The monoisotopic (exact) mass is 263 g/mol. The van der Waals surface area contributed by atoms with Crippen molar-refractivity contribution in [3.05, 3.63) is 41.7 Å². The van der Waals surface area contributed by atoms with E-state index in [1.165, 1.54) is 0 Å². The maximum Gasteiger partial charge on any atom is 0.222 e. The van der Waals surface area contributed by atoms with Crippen LogP contribution in [0.25, 0.3) is 11.1 Å². The van der Waals surface area contributed by atoms with Crippen LogP contribution in [0.3, 0.4) is 0 Å². The predicted molar refractivity (Wildman–Crippen MR) is 72.7 cm³/mol. The molecule has 2 N–H and O–H groups in total. The van der Waals surface area contributed by atoms with Crippen molar-refractivity contribution in [3.8, 4) is 11.1 Å². The Hall–Kier alpha value is -1.65. The molecule has 0 aliphatic rings. The Morgan fingerprint density at radius 1 is 1.06 bits per heavy atom. The summed E-state index contributed by atoms with van der Waals surface area (Å²) in [4.78, 5) is 8.42. The molecule has 0 radical (unpaired) electrons. The van der Waals surface area contributed by atoms with Gasteiger partial charge >= 0.3 is 0 Å². The summed E-state index contributed by atoms with van der Waals surface area (Å²) in [5, 5.41) is 12.4. The maximum atomic E-state index is 8.67. The predicted octanol–water partition coefficient (Wildman–Crippen LogP) is 2.59. The molecule has 1 heterocycles. The van der Waals surface area contributed by atoms with E-state index in [1.54, 1.807) is 12.4 Å². The van der Waals surface area contributed by atoms with Crippen molar-refractivity contribution in [1.82, 2.24) is 9.97 Å². The number of aliphatic hydroxyl groups excluding tert-OH is 1. The number of aliphatic hydroxyl groups is 1. The first kappa shape index (κ1) is 12.8. The average molecular weight is 264 g/mol. The number of benzene rings is 1. The molecule has 0 aliphatic heterocycles. The lowest BCUT2D eigenvalue weighted by molar-refractivity contribution is 0.292. The molecule has 2 rings (SSSR count). The number of nitrogens with zero attached hydrogens (tertiary/aromatic N) is 2. The Kier molecular flexibility index (Phi) is 4.50. The summed E-state index contributed by atoms with van der Waals surface area (Å²) in [5.41, 5.74) is 1.97. The van der Waals surface area contributed by atoms with Crippen LogP contribution in [0.1, 0.15) is 6.42 Å². The van der Waals surface area contributed by atoms with Gasteiger partial charge in [-0.2, -0.15) is 0 Å². The molecule has 1 aromatic carbocycles. The Balaban J connectivity index is 2.05. The maximum absolute atomic E-state index is 8.67. The normalized spacial score (nSPS) is 10.3. The van der Waals surface area contributed by atoms with Crippen LogP contribution in [0.15, 0.2) is 36.7 Å². The highest BCUT2D eigenvalue weighted by Gasteiger charge is 2.00. The SMILES string of the molecule is OCCCNc1ncc(-c2ccc(Cl)cc2)cn1. The van der Waals surface area contributed by atoms with Crippen LogP contribution in [0.4, 0.5) is 5.95 Å². The summed E-state index contributed by atoms with van der Waals surface area (Å²) < 4.78 is 0. The second kappa shape index (κ2) is 6.33. The minimum atomic E-state index is 0.163. The molecule has 4 nitrogen and oxygen atoms in total. The molecule has 18 heavy (non-hydrogen) atoms. The van der Waals surface area contributed by atoms with Crippen LogP contribution in [0.5, 0.6) is 0 Å². The van der Waals surface area contributed by atoms with E-state index in [4.69, 9.17) is 16.7 Å². The Bertz CT molecular complexity index is 485. The van der Waals surface area contributed by atoms with E-state index in [-0.39, 0.29) is 6.61 Å². The van der Waals surface area contributed by atoms with Gasteiger partial charge in [0.25, 0.3) is 0 Å². The highest BCUT2D eigenvalue weighted by molar-refractivity contribution is 6.30. The molecule has 0 atom stereocenters. The zero-order chi connectivity index (χ0) is 12.8. The second-order valence-electron chi connectivity index (χ2n) is 3.81. The van der Waals surface area contributed by atoms with Gasteiger partial charge in [-0.3, -0.25) is 0 Å². The number of rotatable bonds is 5. The number of anilines is 1. The molecule has 0 unspecified atom stereocenters. The van der Waals surface area contributed by atoms with Crippen LogP contribution < -0.4 is 5.32 Å². The lowest BCUT2D eigenvalue weighted by atomic mass is 10.1. The largest absolute Gasteiger partial charge is 0.396 e. The molecule has 5 heteroatoms. The first-order chi connectivity index (χ1) is 8.79. The van der Waals surface area contributed by atoms with E-state index >= 15 is 0 Å². The molecule has 0 saturated heterocycles. The quantitative estimate of drug-likeness (QED) is 0.814. The van der Waals surface area contributed by atoms with Gasteiger partial charge in [0.15, 0.2) is 0 Å². The topological polar surface area (TPSA) is 58.0 Å². The lowest BCUT2D eigenvalue weighted by Gasteiger charge is -2.05. The highest BCUT2D eigenvalue weighted by atomic mass is 35.5. The molecular weight excluding hydrogens is 250 g/mol. The second-order valence-corrected chi connectivity index (χ2v) is 4.24. The molecule has 94 valence electrons. The fourth-order valence-corrected chi connectivity index (χ4v) is 1.62. The highest BCUT2D eigenvalue weighted by Crippen LogP contribution is 2.20. The third kappa shape index (κ3) is 3.42. The molecule has 0 amide bonds. The third-order valence-electron chi connectivity index (χ3n) is 2.45. The van der Waals surface area contributed by atoms with E-state index in [1.807, 2.05) is 24.3 Å². The summed E-state index contributed by atoms with van der Waals surface area (Å²) in [7, 11) is 0. The number of nitrogens with one attached hydrogen (secondary N) is 1. The van der Waals surface area contributed by atoms with Gasteiger partial charge in [-0.25, -0.2) is 9.97 Å². The molecule has 0 fully saturated rings. The van der Waals surface area contributed by atoms with Crippen molar-refractivity contribution in [2.75, 3.05) is 18.5 Å². The van der Waals surface area contributed by atoms with E-state index in [0.717, 1.165) is 11.1 Å². The molecule has 2 aromatic rings. The molecule has 0 saturated carbocycles. The molecule has 0 aliphatic carbocycles. The smallest absolute Gasteiger partial charge is 0.222 e. The zero-order valence-electron chi connectivity index (χ0n) is 9.81. The van der Waals surface area contributed by atoms with E-state index in [0.29, 0.717) is 23.9 Å². The standard InChI is InChI=1S/C13H14ClN3O/c14-12-4-2-10(3-5-12)11-8-16-13(17-9-11)15-6-1-7-18/h2-5,8-9,18H,1,6-7H2,(H,15,16,17). The van der Waals surface area contributed by atoms with Gasteiger partial charge in [-0.05, 0) is 24.1 Å². The van der Waals surface area contributed by atoms with Crippen molar-refractivity contribution < 1.29 is 5.11 Å². The number of hydrogen-bond acceptors (Lipinski definition) is 4. The summed E-state index contributed by atoms with van der Waals surface area (Å²) >= 11 is 5.83. The van der Waals surface area contributed by atoms with Gasteiger partial charge in [0.1, 0.15) is 0 Å². The average Bonchev–Trinajstić information content (AvgIpc) is 2.41. The van der Waals surface area contributed by atoms with E-state index < -0.39 is 0 Å². The fraction of sp³-hybridized carbons (Fsp3) is 0.231. The number of aromatic nitrogens is 2. The summed E-state index contributed by atoms with van der Waals surface area (Å²) in [5.74, 6) is 0.571. The van der Waals surface area contributed by atoms with Crippen LogP contribution in [-0.4, -0.2) is 28.2 Å². The Morgan fingerprint density at radius 3 is 2.33 bits per heavy atom. The van der Waals surface area contributed by atoms with Gasteiger partial charge < -0.3 is 10.4 Å². The van der Waals surface area contributed by atoms with Crippen molar-refractivity contribution >= 4 is 17.5 Å². The molecule has 1 aromatic heterocycles. The minimum absolute atomic E-state index is 0.163. The van der Waals surface area contributed by atoms with Gasteiger partial charge in [-0.15, -0.1) is 0 Å². The first-order valence-electron chi connectivity index (χ1n) is 5.72. The van der Waals surface area contributed by atoms with Crippen LogP contribution in [0.2, 0.25) is 5.02 Å². The molecular formula is C13H14ClN3O. The van der Waals surface area contributed by atoms with Crippen LogP contribution >= 0.6 is 11.6 Å². The van der Waals surface area contributed by atoms with Crippen LogP contribution in [0, 0.1) is 0 Å². The summed E-state index contributed by atoms with van der Waals surface area (Å²) in [6, 6.07) is 7.54. The van der Waals surface area contributed by atoms with Gasteiger partial charge in [0.05, 0.1) is 0 Å². The van der Waals surface area contributed by atoms with Crippen LogP contribution in [-0.2, 0) is 0 Å². The van der Waals surface area contributed by atoms with Crippen molar-refractivity contribution in [2.45, 2.75) is 6.42 Å². The number of halogens is 1. The Morgan fingerprint density at radius 2 is 1.72 bits per heavy atom. The molecule has 0 spiro atoms. The minimum Gasteiger partial charge on any atom is -0.396 e. The van der Waals surface area contributed by atoms with Crippen molar-refractivity contribution in [2.24, 2.45) is 0 Å². The van der Waals surface area contributed by atoms with Crippen molar-refractivity contribution in [3.63, 3.8) is 0 Å². The first-order valence-corrected chi connectivity index (χ1v) is 6.10. The van der Waals surface area contributed by atoms with Crippen molar-refractivity contribution in [1.29, 1.82) is 0 Å². The number of hydrogen-bond donors (Lipinski definition) is 2. The Labute approximate surface area is 111 Å².